The van der Waals surface area contributed by atoms with E-state index >= 15 is 0 Å². The molecule has 0 spiro atoms. The number of para-hydroxylation sites is 1. The van der Waals surface area contributed by atoms with Gasteiger partial charge in [0.05, 0.1) is 6.04 Å². The number of nitrogens with zero attached hydrogens (tertiary/aromatic N) is 2. The summed E-state index contributed by atoms with van der Waals surface area (Å²) >= 11 is 0. The third-order valence-electron chi connectivity index (χ3n) is 8.90. The fourth-order valence-electron chi connectivity index (χ4n) is 6.44. The number of rotatable bonds is 10. The van der Waals surface area contributed by atoms with Crippen LogP contribution in [0.2, 0.25) is 0 Å². The Balaban J connectivity index is 1.42. The minimum Gasteiger partial charge on any atom is -0.343 e. The topological polar surface area (TPSA) is 93.8 Å². The summed E-state index contributed by atoms with van der Waals surface area (Å²) in [6, 6.07) is 7.33. The van der Waals surface area contributed by atoms with Gasteiger partial charge in [-0.1, -0.05) is 44.0 Å². The fraction of sp³-hybridized carbons (Fsp3) is 0.633. The van der Waals surface area contributed by atoms with Crippen molar-refractivity contribution in [1.82, 2.24) is 20.4 Å². The van der Waals surface area contributed by atoms with Gasteiger partial charge in [0.1, 0.15) is 6.04 Å². The van der Waals surface area contributed by atoms with Crippen LogP contribution in [0.3, 0.4) is 0 Å². The molecule has 1 aromatic rings. The van der Waals surface area contributed by atoms with Crippen molar-refractivity contribution in [3.05, 3.63) is 42.5 Å². The molecule has 3 aliphatic rings. The van der Waals surface area contributed by atoms with Crippen LogP contribution in [0.5, 0.6) is 0 Å². The van der Waals surface area contributed by atoms with Crippen LogP contribution < -0.4 is 16.0 Å². The van der Waals surface area contributed by atoms with Crippen LogP contribution in [0.4, 0.5) is 5.69 Å². The molecule has 8 nitrogen and oxygen atoms in total. The van der Waals surface area contributed by atoms with E-state index in [1.54, 1.807) is 7.05 Å². The number of carbonyl (C=O) groups is 3. The molecule has 1 saturated carbocycles. The van der Waals surface area contributed by atoms with Gasteiger partial charge in [-0.05, 0) is 82.2 Å². The fourth-order valence-corrected chi connectivity index (χ4v) is 6.44. The van der Waals surface area contributed by atoms with Gasteiger partial charge in [-0.2, -0.15) is 0 Å². The zero-order chi connectivity index (χ0) is 27.1. The lowest BCUT2D eigenvalue weighted by Crippen LogP contribution is -2.58. The van der Waals surface area contributed by atoms with Crippen molar-refractivity contribution in [3.8, 4) is 0 Å². The normalized spacial score (nSPS) is 23.8. The van der Waals surface area contributed by atoms with Gasteiger partial charge in [0.2, 0.25) is 17.7 Å². The molecule has 8 heteroatoms. The van der Waals surface area contributed by atoms with Crippen LogP contribution in [0.25, 0.3) is 0 Å². The van der Waals surface area contributed by atoms with Crippen molar-refractivity contribution in [2.24, 2.45) is 11.8 Å². The number of carbonyl (C=O) groups excluding carboxylic acids is 3. The smallest absolute Gasteiger partial charge is 0.247 e. The van der Waals surface area contributed by atoms with Crippen LogP contribution in [0.1, 0.15) is 57.4 Å². The number of fused-ring (bicyclic) bond motifs is 1. The van der Waals surface area contributed by atoms with E-state index < -0.39 is 6.04 Å². The van der Waals surface area contributed by atoms with Gasteiger partial charge in [0.15, 0.2) is 0 Å². The van der Waals surface area contributed by atoms with Gasteiger partial charge in [-0.15, -0.1) is 0 Å². The highest BCUT2D eigenvalue weighted by Gasteiger charge is 2.44. The summed E-state index contributed by atoms with van der Waals surface area (Å²) in [5.74, 6) is 0.542. The summed E-state index contributed by atoms with van der Waals surface area (Å²) in [5.41, 5.74) is 1.93. The van der Waals surface area contributed by atoms with Gasteiger partial charge < -0.3 is 25.8 Å². The average molecular weight is 524 g/mol. The van der Waals surface area contributed by atoms with E-state index in [-0.39, 0.29) is 35.7 Å². The number of anilines is 1. The maximum atomic E-state index is 14.0. The number of benzene rings is 1. The molecule has 0 unspecified atom stereocenters. The number of amides is 3. The van der Waals surface area contributed by atoms with Crippen LogP contribution in [-0.2, 0) is 20.8 Å². The van der Waals surface area contributed by atoms with Crippen molar-refractivity contribution < 1.29 is 14.4 Å². The highest BCUT2D eigenvalue weighted by Crippen LogP contribution is 2.34. The average Bonchev–Trinajstić information content (AvgIpc) is 3.38. The Morgan fingerprint density at radius 1 is 1.08 bits per heavy atom. The Morgan fingerprint density at radius 2 is 1.82 bits per heavy atom. The molecule has 2 heterocycles. The molecule has 3 fully saturated rings. The molecule has 4 atom stereocenters. The summed E-state index contributed by atoms with van der Waals surface area (Å²) in [7, 11) is 1.77. The Morgan fingerprint density at radius 3 is 2.55 bits per heavy atom. The highest BCUT2D eigenvalue weighted by atomic mass is 16.2. The van der Waals surface area contributed by atoms with E-state index in [9.17, 15) is 14.4 Å². The number of hydrogen-bond donors (Lipinski definition) is 3. The molecule has 3 N–H and O–H groups in total. The third kappa shape index (κ3) is 6.83. The zero-order valence-electron chi connectivity index (χ0n) is 23.1. The van der Waals surface area contributed by atoms with Crippen molar-refractivity contribution in [2.45, 2.75) is 76.4 Å². The minimum absolute atomic E-state index is 0.0975. The van der Waals surface area contributed by atoms with Gasteiger partial charge in [0, 0.05) is 31.4 Å². The molecule has 38 heavy (non-hydrogen) atoms. The Kier molecular flexibility index (Phi) is 9.97. The Bertz CT molecular complexity index is 992. The van der Waals surface area contributed by atoms with Gasteiger partial charge in [0.25, 0.3) is 0 Å². The molecule has 0 bridgehead atoms. The highest BCUT2D eigenvalue weighted by molar-refractivity contribution is 5.99. The SMILES string of the molecule is C=CC(=O)Nc1ccccc1CCN1CC[C@@H]2CCN(C(=O)[C@@H](NC(=O)[C@H](C)NC)C3CCCCC3)[C@@H]2C1. The second-order valence-corrected chi connectivity index (χ2v) is 11.2. The zero-order valence-corrected chi connectivity index (χ0v) is 23.1. The first-order valence-corrected chi connectivity index (χ1v) is 14.4. The molecule has 2 saturated heterocycles. The van der Waals surface area contributed by atoms with Gasteiger partial charge in [-0.25, -0.2) is 0 Å². The summed E-state index contributed by atoms with van der Waals surface area (Å²) in [6.45, 7) is 8.91. The summed E-state index contributed by atoms with van der Waals surface area (Å²) in [5, 5.41) is 9.06. The predicted molar refractivity (Wildman–Crippen MR) is 151 cm³/mol. The Labute approximate surface area is 227 Å². The van der Waals surface area contributed by atoms with Crippen LogP contribution in [-0.4, -0.2) is 78.9 Å². The maximum absolute atomic E-state index is 14.0. The van der Waals surface area contributed by atoms with Crippen molar-refractivity contribution in [1.29, 1.82) is 0 Å². The third-order valence-corrected chi connectivity index (χ3v) is 8.90. The molecule has 0 aromatic heterocycles. The second kappa shape index (κ2) is 13.4. The molecule has 1 aliphatic carbocycles. The second-order valence-electron chi connectivity index (χ2n) is 11.2. The first kappa shape index (κ1) is 28.3. The monoisotopic (exact) mass is 523 g/mol. The lowest BCUT2D eigenvalue weighted by molar-refractivity contribution is -0.140. The van der Waals surface area contributed by atoms with Crippen molar-refractivity contribution in [3.63, 3.8) is 0 Å². The molecular formula is C30H45N5O3. The van der Waals surface area contributed by atoms with E-state index in [0.29, 0.717) is 5.92 Å². The van der Waals surface area contributed by atoms with Gasteiger partial charge >= 0.3 is 0 Å². The molecule has 3 amide bonds. The lowest BCUT2D eigenvalue weighted by Gasteiger charge is -2.41. The standard InChI is InChI=1S/C30H45N5O3/c1-4-27(36)32-25-13-9-8-10-22(25)14-17-34-18-15-23-16-19-35(26(23)20-34)30(38)28(24-11-6-5-7-12-24)33-29(37)21(2)31-3/h4,8-10,13,21,23-24,26,28,31H,1,5-7,11-12,14-20H2,2-3H3,(H,32,36)(H,33,37)/t21-,23+,26+,28-/m0/s1. The summed E-state index contributed by atoms with van der Waals surface area (Å²) < 4.78 is 0. The number of hydrogen-bond acceptors (Lipinski definition) is 5. The molecule has 208 valence electrons. The molecule has 1 aromatic carbocycles. The number of likely N-dealkylation sites (tertiary alicyclic amines) is 2. The number of likely N-dealkylation sites (N-methyl/N-ethyl adjacent to an activating group) is 1. The van der Waals surface area contributed by atoms with E-state index in [0.717, 1.165) is 82.4 Å². The van der Waals surface area contributed by atoms with E-state index in [4.69, 9.17) is 0 Å². The first-order valence-electron chi connectivity index (χ1n) is 14.4. The van der Waals surface area contributed by atoms with E-state index in [1.165, 1.54) is 12.5 Å². The predicted octanol–water partition coefficient (Wildman–Crippen LogP) is 2.95. The molecule has 0 radical (unpaired) electrons. The quantitative estimate of drug-likeness (QED) is 0.410. The molecular weight excluding hydrogens is 478 g/mol. The first-order chi connectivity index (χ1) is 18.4. The van der Waals surface area contributed by atoms with Crippen molar-refractivity contribution >= 4 is 23.4 Å². The number of piperidine rings is 1. The molecule has 4 rings (SSSR count). The Hall–Kier alpha value is -2.71. The van der Waals surface area contributed by atoms with E-state index in [2.05, 4.69) is 38.4 Å². The summed E-state index contributed by atoms with van der Waals surface area (Å²) in [6.07, 6.45) is 9.70. The lowest BCUT2D eigenvalue weighted by atomic mass is 9.83. The van der Waals surface area contributed by atoms with Crippen LogP contribution in [0, 0.1) is 11.8 Å². The maximum Gasteiger partial charge on any atom is 0.247 e. The largest absolute Gasteiger partial charge is 0.343 e. The minimum atomic E-state index is -0.437. The van der Waals surface area contributed by atoms with Crippen LogP contribution in [0.15, 0.2) is 36.9 Å². The van der Waals surface area contributed by atoms with Crippen molar-refractivity contribution in [2.75, 3.05) is 38.5 Å². The molecule has 2 aliphatic heterocycles. The number of nitrogens with one attached hydrogen (secondary N) is 3. The summed E-state index contributed by atoms with van der Waals surface area (Å²) in [4.78, 5) is 43.3. The van der Waals surface area contributed by atoms with Gasteiger partial charge in [-0.3, -0.25) is 14.4 Å². The van der Waals surface area contributed by atoms with Crippen LogP contribution >= 0.6 is 0 Å². The van der Waals surface area contributed by atoms with E-state index in [1.807, 2.05) is 25.1 Å².